The zero-order chi connectivity index (χ0) is 14.3. The summed E-state index contributed by atoms with van der Waals surface area (Å²) < 4.78 is 0.888. The van der Waals surface area contributed by atoms with Gasteiger partial charge in [-0.05, 0) is 28.8 Å². The van der Waals surface area contributed by atoms with Crippen LogP contribution in [0.3, 0.4) is 0 Å². The lowest BCUT2D eigenvalue weighted by atomic mass is 10.2. The van der Waals surface area contributed by atoms with Crippen molar-refractivity contribution in [3.05, 3.63) is 16.5 Å². The molecule has 0 spiro atoms. The van der Waals surface area contributed by atoms with Crippen LogP contribution in [0.5, 0.6) is 0 Å². The Morgan fingerprint density at radius 2 is 1.68 bits per heavy atom. The molecule has 0 aliphatic rings. The van der Waals surface area contributed by atoms with Crippen molar-refractivity contribution in [2.45, 2.75) is 59.3 Å². The van der Waals surface area contributed by atoms with Gasteiger partial charge in [0, 0.05) is 25.1 Å². The molecule has 0 aliphatic heterocycles. The van der Waals surface area contributed by atoms with Crippen molar-refractivity contribution < 1.29 is 0 Å². The second-order valence-electron chi connectivity index (χ2n) is 5.26. The quantitative estimate of drug-likeness (QED) is 0.644. The molecule has 3 nitrogen and oxygen atoms in total. The van der Waals surface area contributed by atoms with E-state index < -0.39 is 0 Å². The fraction of sp³-hybridized carbons (Fsp3) is 0.733. The average Bonchev–Trinajstić information content (AvgIpc) is 2.38. The van der Waals surface area contributed by atoms with E-state index >= 15 is 0 Å². The third kappa shape index (κ3) is 5.47. The summed E-state index contributed by atoms with van der Waals surface area (Å²) in [6.07, 6.45) is 4.85. The van der Waals surface area contributed by atoms with Crippen LogP contribution in [0.2, 0.25) is 0 Å². The lowest BCUT2D eigenvalue weighted by Crippen LogP contribution is -2.27. The maximum atomic E-state index is 4.72. The Morgan fingerprint density at radius 3 is 2.16 bits per heavy atom. The molecule has 0 aliphatic carbocycles. The van der Waals surface area contributed by atoms with Gasteiger partial charge in [-0.15, -0.1) is 0 Å². The van der Waals surface area contributed by atoms with E-state index in [2.05, 4.69) is 53.5 Å². The maximum Gasteiger partial charge on any atom is 0.134 e. The first-order chi connectivity index (χ1) is 9.08. The zero-order valence-corrected chi connectivity index (χ0v) is 14.2. The normalized spacial score (nSPS) is 11.1. The molecule has 0 N–H and O–H groups in total. The lowest BCUT2D eigenvalue weighted by Gasteiger charge is -2.24. The molecule has 0 aromatic carbocycles. The summed E-state index contributed by atoms with van der Waals surface area (Å²) >= 11 is 3.51. The molecule has 1 aromatic heterocycles. The molecule has 0 unspecified atom stereocenters. The number of aromatic nitrogens is 2. The predicted molar refractivity (Wildman–Crippen MR) is 85.9 cm³/mol. The van der Waals surface area contributed by atoms with Crippen molar-refractivity contribution in [3.63, 3.8) is 0 Å². The number of anilines is 1. The van der Waals surface area contributed by atoms with Gasteiger partial charge in [-0.1, -0.05) is 40.5 Å². The van der Waals surface area contributed by atoms with Crippen LogP contribution in [0.25, 0.3) is 0 Å². The number of nitrogens with zero attached hydrogens (tertiary/aromatic N) is 3. The number of hydrogen-bond donors (Lipinski definition) is 0. The van der Waals surface area contributed by atoms with Crippen LogP contribution in [0.4, 0.5) is 5.82 Å². The van der Waals surface area contributed by atoms with Gasteiger partial charge < -0.3 is 4.90 Å². The van der Waals surface area contributed by atoms with E-state index in [9.17, 15) is 0 Å². The standard InChI is InChI=1S/C15H26BrN3/c1-5-7-9-19(10-8-6-2)14-11-13(16)17-15(18-14)12(3)4/h11-12H,5-10H2,1-4H3. The number of rotatable bonds is 8. The number of hydrogen-bond acceptors (Lipinski definition) is 3. The van der Waals surface area contributed by atoms with Crippen molar-refractivity contribution in [1.82, 2.24) is 9.97 Å². The van der Waals surface area contributed by atoms with Gasteiger partial charge >= 0.3 is 0 Å². The Labute approximate surface area is 126 Å². The molecule has 0 saturated heterocycles. The molecule has 4 heteroatoms. The van der Waals surface area contributed by atoms with Crippen LogP contribution in [0, 0.1) is 0 Å². The van der Waals surface area contributed by atoms with Crippen molar-refractivity contribution in [1.29, 1.82) is 0 Å². The first-order valence-electron chi connectivity index (χ1n) is 7.37. The van der Waals surface area contributed by atoms with E-state index in [1.165, 1.54) is 25.7 Å². The fourth-order valence-electron chi connectivity index (χ4n) is 1.88. The largest absolute Gasteiger partial charge is 0.356 e. The molecule has 19 heavy (non-hydrogen) atoms. The molecule has 0 atom stereocenters. The van der Waals surface area contributed by atoms with Gasteiger partial charge in [-0.25, -0.2) is 9.97 Å². The predicted octanol–water partition coefficient (Wildman–Crippen LogP) is 4.77. The second-order valence-corrected chi connectivity index (χ2v) is 6.07. The van der Waals surface area contributed by atoms with Crippen molar-refractivity contribution >= 4 is 21.7 Å². The Hall–Kier alpha value is -0.640. The highest BCUT2D eigenvalue weighted by Gasteiger charge is 2.12. The molecule has 0 bridgehead atoms. The molecule has 0 radical (unpaired) electrons. The first kappa shape index (κ1) is 16.4. The first-order valence-corrected chi connectivity index (χ1v) is 8.17. The van der Waals surface area contributed by atoms with Crippen LogP contribution >= 0.6 is 15.9 Å². The summed E-state index contributed by atoms with van der Waals surface area (Å²) in [5, 5.41) is 0. The molecular weight excluding hydrogens is 302 g/mol. The monoisotopic (exact) mass is 327 g/mol. The zero-order valence-electron chi connectivity index (χ0n) is 12.6. The van der Waals surface area contributed by atoms with Crippen LogP contribution in [-0.2, 0) is 0 Å². The van der Waals surface area contributed by atoms with E-state index in [0.717, 1.165) is 29.3 Å². The van der Waals surface area contributed by atoms with Crippen molar-refractivity contribution in [2.75, 3.05) is 18.0 Å². The van der Waals surface area contributed by atoms with Crippen LogP contribution in [0.15, 0.2) is 10.7 Å². The SMILES string of the molecule is CCCCN(CCCC)c1cc(Br)nc(C(C)C)n1. The van der Waals surface area contributed by atoms with E-state index in [0.29, 0.717) is 5.92 Å². The summed E-state index contributed by atoms with van der Waals surface area (Å²) in [7, 11) is 0. The van der Waals surface area contributed by atoms with Gasteiger partial charge in [0.25, 0.3) is 0 Å². The molecule has 1 aromatic rings. The van der Waals surface area contributed by atoms with E-state index in [4.69, 9.17) is 4.98 Å². The van der Waals surface area contributed by atoms with Gasteiger partial charge in [-0.3, -0.25) is 0 Å². The fourth-order valence-corrected chi connectivity index (χ4v) is 2.27. The Balaban J connectivity index is 2.92. The Morgan fingerprint density at radius 1 is 1.11 bits per heavy atom. The van der Waals surface area contributed by atoms with E-state index in [1.54, 1.807) is 0 Å². The van der Waals surface area contributed by atoms with Gasteiger partial charge in [0.05, 0.1) is 0 Å². The molecule has 108 valence electrons. The summed E-state index contributed by atoms with van der Waals surface area (Å²) in [6.45, 7) is 10.9. The average molecular weight is 328 g/mol. The highest BCUT2D eigenvalue weighted by atomic mass is 79.9. The van der Waals surface area contributed by atoms with Gasteiger partial charge in [-0.2, -0.15) is 0 Å². The third-order valence-corrected chi connectivity index (χ3v) is 3.51. The van der Waals surface area contributed by atoms with E-state index in [-0.39, 0.29) is 0 Å². The van der Waals surface area contributed by atoms with Crippen molar-refractivity contribution in [2.24, 2.45) is 0 Å². The van der Waals surface area contributed by atoms with E-state index in [1.807, 2.05) is 6.07 Å². The van der Waals surface area contributed by atoms with Crippen molar-refractivity contribution in [3.8, 4) is 0 Å². The molecule has 1 rings (SSSR count). The van der Waals surface area contributed by atoms with Gasteiger partial charge in [0.15, 0.2) is 0 Å². The molecular formula is C15H26BrN3. The van der Waals surface area contributed by atoms with Crippen LogP contribution in [-0.4, -0.2) is 23.1 Å². The molecule has 0 saturated carbocycles. The van der Waals surface area contributed by atoms with Crippen LogP contribution in [0.1, 0.15) is 65.1 Å². The number of halogens is 1. The van der Waals surface area contributed by atoms with Crippen LogP contribution < -0.4 is 4.90 Å². The third-order valence-electron chi connectivity index (χ3n) is 3.10. The molecule has 0 fully saturated rings. The Bertz CT molecular complexity index is 372. The Kier molecular flexibility index (Phi) is 7.36. The minimum absolute atomic E-state index is 0.357. The highest BCUT2D eigenvalue weighted by Crippen LogP contribution is 2.21. The topological polar surface area (TPSA) is 29.0 Å². The summed E-state index contributed by atoms with van der Waals surface area (Å²) in [5.74, 6) is 2.34. The van der Waals surface area contributed by atoms with Gasteiger partial charge in [0.2, 0.25) is 0 Å². The molecule has 0 amide bonds. The maximum absolute atomic E-state index is 4.72. The number of unbranched alkanes of at least 4 members (excludes halogenated alkanes) is 2. The van der Waals surface area contributed by atoms with Gasteiger partial charge in [0.1, 0.15) is 16.2 Å². The lowest BCUT2D eigenvalue weighted by molar-refractivity contribution is 0.663. The highest BCUT2D eigenvalue weighted by molar-refractivity contribution is 9.10. The summed E-state index contributed by atoms with van der Waals surface area (Å²) in [4.78, 5) is 11.6. The minimum Gasteiger partial charge on any atom is -0.356 e. The molecule has 1 heterocycles. The minimum atomic E-state index is 0.357. The summed E-state index contributed by atoms with van der Waals surface area (Å²) in [6, 6.07) is 2.04. The smallest absolute Gasteiger partial charge is 0.134 e. The summed E-state index contributed by atoms with van der Waals surface area (Å²) in [5.41, 5.74) is 0. The second kappa shape index (κ2) is 8.51.